The van der Waals surface area contributed by atoms with Gasteiger partial charge in [-0.25, -0.2) is 8.42 Å². The summed E-state index contributed by atoms with van der Waals surface area (Å²) in [5, 5.41) is 24.0. The second kappa shape index (κ2) is 9.08. The van der Waals surface area contributed by atoms with Crippen molar-refractivity contribution in [3.8, 4) is 11.8 Å². The van der Waals surface area contributed by atoms with Gasteiger partial charge in [-0.1, -0.05) is 6.92 Å². The van der Waals surface area contributed by atoms with E-state index in [4.69, 9.17) is 4.74 Å². The van der Waals surface area contributed by atoms with Crippen LogP contribution in [-0.4, -0.2) is 53.3 Å². The van der Waals surface area contributed by atoms with Crippen LogP contribution in [0, 0.1) is 24.2 Å². The molecule has 2 aromatic carbocycles. The van der Waals surface area contributed by atoms with Crippen LogP contribution < -0.4 is 4.74 Å². The number of sulfonamides is 1. The Balaban J connectivity index is 1.70. The van der Waals surface area contributed by atoms with E-state index in [9.17, 15) is 23.6 Å². The van der Waals surface area contributed by atoms with Crippen molar-refractivity contribution in [2.24, 2.45) is 5.92 Å². The Morgan fingerprint density at radius 2 is 1.97 bits per heavy atom. The van der Waals surface area contributed by atoms with Crippen molar-refractivity contribution < 1.29 is 23.1 Å². The third-order valence-electron chi connectivity index (χ3n) is 6.19. The van der Waals surface area contributed by atoms with Gasteiger partial charge in [0.2, 0.25) is 10.0 Å². The molecule has 0 saturated carbocycles. The summed E-state index contributed by atoms with van der Waals surface area (Å²) in [4.78, 5) is 11.6. The maximum atomic E-state index is 13.3. The Labute approximate surface area is 198 Å². The molecular formula is C24H26N4O5S. The number of nitrogens with zero attached hydrogens (tertiary/aromatic N) is 4. The maximum absolute atomic E-state index is 13.3. The Bertz CT molecular complexity index is 1390. The molecule has 178 valence electrons. The number of aliphatic carboxylic acids is 1. The highest BCUT2D eigenvalue weighted by atomic mass is 32.2. The standard InChI is InChI=1S/C24H26N4O5S/c1-4-33-18-5-7-19(8-6-18)34(31,32)27-13-16(3)23(14-27)28-22-9-15(2)17(12-25)10-20(22)21(26-28)11-24(29)30/h5-10,16,23H,4,11,13-14H2,1-3H3,(H,29,30)/t16-,23+/m1/s1. The lowest BCUT2D eigenvalue weighted by Gasteiger charge is -2.18. The number of hydrogen-bond acceptors (Lipinski definition) is 6. The van der Waals surface area contributed by atoms with Gasteiger partial charge in [0, 0.05) is 18.5 Å². The normalized spacial score (nSPS) is 18.8. The molecule has 0 spiro atoms. The first kappa shape index (κ1) is 23.7. The number of carboxylic acids is 1. The molecular weight excluding hydrogens is 456 g/mol. The maximum Gasteiger partial charge on any atom is 0.309 e. The molecule has 0 radical (unpaired) electrons. The molecule has 3 aromatic rings. The van der Waals surface area contributed by atoms with Gasteiger partial charge in [0.1, 0.15) is 5.75 Å². The fraction of sp³-hybridized carbons (Fsp3) is 0.375. The highest BCUT2D eigenvalue weighted by Crippen LogP contribution is 2.35. The number of hydrogen-bond donors (Lipinski definition) is 1. The van der Waals surface area contributed by atoms with Crippen molar-refractivity contribution in [2.45, 2.75) is 38.1 Å². The zero-order valence-electron chi connectivity index (χ0n) is 19.2. The van der Waals surface area contributed by atoms with Gasteiger partial charge < -0.3 is 9.84 Å². The van der Waals surface area contributed by atoms with Crippen LogP contribution in [0.1, 0.15) is 36.7 Å². The Kier molecular flexibility index (Phi) is 6.34. The molecule has 1 saturated heterocycles. The van der Waals surface area contributed by atoms with Gasteiger partial charge in [-0.3, -0.25) is 9.48 Å². The molecule has 10 heteroatoms. The number of carboxylic acid groups (broad SMARTS) is 1. The van der Waals surface area contributed by atoms with E-state index in [1.165, 1.54) is 4.31 Å². The number of ether oxygens (including phenoxy) is 1. The third-order valence-corrected chi connectivity index (χ3v) is 8.04. The topological polar surface area (TPSA) is 126 Å². The van der Waals surface area contributed by atoms with E-state index in [1.54, 1.807) is 35.0 Å². The van der Waals surface area contributed by atoms with Gasteiger partial charge in [0.05, 0.1) is 46.8 Å². The van der Waals surface area contributed by atoms with Crippen LogP contribution in [0.5, 0.6) is 5.75 Å². The highest BCUT2D eigenvalue weighted by Gasteiger charge is 2.39. The van der Waals surface area contributed by atoms with E-state index >= 15 is 0 Å². The van der Waals surface area contributed by atoms with Gasteiger partial charge in [-0.05, 0) is 61.7 Å². The number of fused-ring (bicyclic) bond motifs is 1. The first-order valence-electron chi connectivity index (χ1n) is 11.0. The van der Waals surface area contributed by atoms with Crippen LogP contribution in [0.4, 0.5) is 0 Å². The Morgan fingerprint density at radius 3 is 2.59 bits per heavy atom. The van der Waals surface area contributed by atoms with Crippen LogP contribution in [0.2, 0.25) is 0 Å². The summed E-state index contributed by atoms with van der Waals surface area (Å²) in [5.74, 6) is -0.478. The minimum Gasteiger partial charge on any atom is -0.494 e. The van der Waals surface area contributed by atoms with E-state index in [0.29, 0.717) is 41.1 Å². The average Bonchev–Trinajstić information content (AvgIpc) is 3.34. The highest BCUT2D eigenvalue weighted by molar-refractivity contribution is 7.89. The minimum absolute atomic E-state index is 0.0609. The minimum atomic E-state index is -3.73. The SMILES string of the molecule is CCOc1ccc(S(=O)(=O)N2C[C@@H](C)[C@@H](n3nc(CC(=O)O)c4cc(C#N)c(C)cc43)C2)cc1. The number of carbonyl (C=O) groups is 1. The van der Waals surface area contributed by atoms with Crippen molar-refractivity contribution in [1.82, 2.24) is 14.1 Å². The molecule has 1 aliphatic rings. The fourth-order valence-electron chi connectivity index (χ4n) is 4.44. The lowest BCUT2D eigenvalue weighted by atomic mass is 10.0. The molecule has 4 rings (SSSR count). The molecule has 0 unspecified atom stereocenters. The number of rotatable bonds is 7. The van der Waals surface area contributed by atoms with Crippen molar-refractivity contribution in [3.63, 3.8) is 0 Å². The Hall–Kier alpha value is -3.42. The van der Waals surface area contributed by atoms with Crippen LogP contribution in [0.3, 0.4) is 0 Å². The second-order valence-corrected chi connectivity index (χ2v) is 10.5. The number of benzene rings is 2. The molecule has 1 aromatic heterocycles. The molecule has 34 heavy (non-hydrogen) atoms. The van der Waals surface area contributed by atoms with E-state index < -0.39 is 16.0 Å². The lowest BCUT2D eigenvalue weighted by molar-refractivity contribution is -0.136. The number of aryl methyl sites for hydroxylation is 1. The molecule has 2 atom stereocenters. The zero-order valence-corrected chi connectivity index (χ0v) is 20.0. The largest absolute Gasteiger partial charge is 0.494 e. The van der Waals surface area contributed by atoms with E-state index in [1.807, 2.05) is 26.8 Å². The summed E-state index contributed by atoms with van der Waals surface area (Å²) in [6, 6.07) is 11.7. The summed E-state index contributed by atoms with van der Waals surface area (Å²) < 4.78 is 35.2. The van der Waals surface area contributed by atoms with Gasteiger partial charge in [-0.15, -0.1) is 0 Å². The summed E-state index contributed by atoms with van der Waals surface area (Å²) in [7, 11) is -3.73. The summed E-state index contributed by atoms with van der Waals surface area (Å²) in [5.41, 5.74) is 2.27. The summed E-state index contributed by atoms with van der Waals surface area (Å²) >= 11 is 0. The zero-order chi connectivity index (χ0) is 24.6. The smallest absolute Gasteiger partial charge is 0.309 e. The number of aromatic nitrogens is 2. The predicted molar refractivity (Wildman–Crippen MR) is 125 cm³/mol. The van der Waals surface area contributed by atoms with Crippen LogP contribution >= 0.6 is 0 Å². The van der Waals surface area contributed by atoms with Crippen molar-refractivity contribution >= 4 is 26.9 Å². The molecule has 0 aliphatic carbocycles. The molecule has 2 heterocycles. The molecule has 9 nitrogen and oxygen atoms in total. The average molecular weight is 483 g/mol. The van der Waals surface area contributed by atoms with Crippen molar-refractivity contribution in [3.05, 3.63) is 53.2 Å². The van der Waals surface area contributed by atoms with E-state index in [-0.39, 0.29) is 29.8 Å². The van der Waals surface area contributed by atoms with E-state index in [0.717, 1.165) is 5.56 Å². The summed E-state index contributed by atoms with van der Waals surface area (Å²) in [6.07, 6.45) is -0.285. The van der Waals surface area contributed by atoms with Crippen LogP contribution in [0.15, 0.2) is 41.3 Å². The Morgan fingerprint density at radius 1 is 1.26 bits per heavy atom. The molecule has 0 bridgehead atoms. The summed E-state index contributed by atoms with van der Waals surface area (Å²) in [6.45, 7) is 6.64. The molecule has 0 amide bonds. The first-order valence-corrected chi connectivity index (χ1v) is 12.5. The fourth-order valence-corrected chi connectivity index (χ4v) is 6.00. The first-order chi connectivity index (χ1) is 16.1. The van der Waals surface area contributed by atoms with Crippen LogP contribution in [0.25, 0.3) is 10.9 Å². The van der Waals surface area contributed by atoms with Gasteiger partial charge in [0.25, 0.3) is 0 Å². The van der Waals surface area contributed by atoms with Crippen molar-refractivity contribution in [2.75, 3.05) is 19.7 Å². The number of nitriles is 1. The quantitative estimate of drug-likeness (QED) is 0.548. The van der Waals surface area contributed by atoms with Crippen molar-refractivity contribution in [1.29, 1.82) is 5.26 Å². The second-order valence-electron chi connectivity index (χ2n) is 8.53. The van der Waals surface area contributed by atoms with Crippen LogP contribution in [-0.2, 0) is 21.2 Å². The monoisotopic (exact) mass is 482 g/mol. The molecule has 1 aliphatic heterocycles. The van der Waals surface area contributed by atoms with Gasteiger partial charge >= 0.3 is 5.97 Å². The van der Waals surface area contributed by atoms with Gasteiger partial charge in [-0.2, -0.15) is 14.7 Å². The van der Waals surface area contributed by atoms with E-state index in [2.05, 4.69) is 11.2 Å². The lowest BCUT2D eigenvalue weighted by Crippen LogP contribution is -2.29. The van der Waals surface area contributed by atoms with Gasteiger partial charge in [0.15, 0.2) is 0 Å². The molecule has 1 fully saturated rings. The predicted octanol–water partition coefficient (Wildman–Crippen LogP) is 3.12. The molecule has 1 N–H and O–H groups in total. The third kappa shape index (κ3) is 4.24.